The minimum Gasteiger partial charge on any atom is -0.481 e. The zero-order chi connectivity index (χ0) is 25.0. The zero-order valence-electron chi connectivity index (χ0n) is 23.1. The molecular weight excluding hydrogens is 456 g/mol. The number of aliphatic carboxylic acids is 1. The van der Waals surface area contributed by atoms with E-state index in [1.165, 1.54) is 146 Å². The summed E-state index contributed by atoms with van der Waals surface area (Å²) in [5.41, 5.74) is 0. The molecule has 34 heavy (non-hydrogen) atoms. The maximum Gasteiger partial charge on any atom is 0.303 e. The van der Waals surface area contributed by atoms with Crippen molar-refractivity contribution < 1.29 is 9.90 Å². The topological polar surface area (TPSA) is 37.3 Å². The summed E-state index contributed by atoms with van der Waals surface area (Å²) in [7, 11) is 0. The average molecular weight is 517 g/mol. The van der Waals surface area contributed by atoms with Crippen molar-refractivity contribution in [2.45, 2.75) is 167 Å². The molecule has 0 saturated carbocycles. The number of unbranched alkanes of at least 4 members (excludes halogenated alkanes) is 18. The molecule has 4 heteroatoms. The molecule has 0 aromatic heterocycles. The van der Waals surface area contributed by atoms with Crippen LogP contribution in [-0.2, 0) is 4.79 Å². The highest BCUT2D eigenvalue weighted by Crippen LogP contribution is 2.24. The van der Waals surface area contributed by atoms with Gasteiger partial charge in [0.25, 0.3) is 0 Å². The van der Waals surface area contributed by atoms with Crippen LogP contribution in [-0.4, -0.2) is 33.6 Å². The van der Waals surface area contributed by atoms with E-state index in [4.69, 9.17) is 5.11 Å². The summed E-state index contributed by atoms with van der Waals surface area (Å²) < 4.78 is 0. The molecule has 0 radical (unpaired) electrons. The van der Waals surface area contributed by atoms with Gasteiger partial charge in [-0.05, 0) is 37.2 Å². The number of rotatable bonds is 29. The lowest BCUT2D eigenvalue weighted by Crippen LogP contribution is -2.09. The third-order valence-electron chi connectivity index (χ3n) is 6.71. The maximum absolute atomic E-state index is 10.9. The van der Waals surface area contributed by atoms with Crippen LogP contribution in [0, 0.1) is 0 Å². The van der Waals surface area contributed by atoms with Gasteiger partial charge in [-0.25, -0.2) is 0 Å². The van der Waals surface area contributed by atoms with Crippen LogP contribution in [0.2, 0.25) is 0 Å². The molecule has 0 heterocycles. The zero-order valence-corrected chi connectivity index (χ0v) is 24.8. The highest BCUT2D eigenvalue weighted by molar-refractivity contribution is 8.03. The summed E-state index contributed by atoms with van der Waals surface area (Å²) in [6, 6.07) is 0. The van der Waals surface area contributed by atoms with Crippen LogP contribution in [0.4, 0.5) is 0 Å². The van der Waals surface area contributed by atoms with Gasteiger partial charge in [0.2, 0.25) is 0 Å². The smallest absolute Gasteiger partial charge is 0.303 e. The molecular formula is C30H60O2S2. The first kappa shape index (κ1) is 34.2. The largest absolute Gasteiger partial charge is 0.481 e. The Labute approximate surface area is 223 Å². The normalized spacial score (nSPS) is 12.3. The molecule has 0 saturated heterocycles. The first-order valence-corrected chi connectivity index (χ1v) is 17.3. The molecule has 0 aromatic carbocycles. The maximum atomic E-state index is 10.9. The van der Waals surface area contributed by atoms with Gasteiger partial charge in [-0.2, -0.15) is 23.5 Å². The van der Waals surface area contributed by atoms with Crippen molar-refractivity contribution in [1.82, 2.24) is 0 Å². The molecule has 0 fully saturated rings. The summed E-state index contributed by atoms with van der Waals surface area (Å²) in [5.74, 6) is 3.11. The first-order chi connectivity index (χ1) is 16.7. The summed E-state index contributed by atoms with van der Waals surface area (Å²) in [4.78, 5) is 10.9. The van der Waals surface area contributed by atoms with E-state index in [1.54, 1.807) is 0 Å². The third-order valence-corrected chi connectivity index (χ3v) is 9.54. The quantitative estimate of drug-likeness (QED) is 0.100. The Balaban J connectivity index is 3.69. The Morgan fingerprint density at radius 3 is 1.44 bits per heavy atom. The molecule has 1 N–H and O–H groups in total. The molecule has 2 nitrogen and oxygen atoms in total. The van der Waals surface area contributed by atoms with Crippen molar-refractivity contribution in [3.05, 3.63) is 0 Å². The van der Waals surface area contributed by atoms with Crippen LogP contribution in [0.5, 0.6) is 0 Å². The number of carboxylic acid groups (broad SMARTS) is 1. The Hall–Kier alpha value is 0.170. The van der Waals surface area contributed by atoms with E-state index >= 15 is 0 Å². The fourth-order valence-electron chi connectivity index (χ4n) is 4.44. The molecule has 204 valence electrons. The minimum absolute atomic E-state index is 0.332. The second-order valence-electron chi connectivity index (χ2n) is 10.2. The van der Waals surface area contributed by atoms with Crippen molar-refractivity contribution in [3.63, 3.8) is 0 Å². The molecule has 0 bridgehead atoms. The Morgan fingerprint density at radius 2 is 1.00 bits per heavy atom. The van der Waals surface area contributed by atoms with E-state index in [9.17, 15) is 4.79 Å². The van der Waals surface area contributed by atoms with E-state index in [1.807, 2.05) is 0 Å². The summed E-state index contributed by atoms with van der Waals surface area (Å²) >= 11 is 4.23. The molecule has 0 aliphatic heterocycles. The SMILES string of the molecule is CCCCCCCCCCCCSCC(CCCC(=O)O)SCCCCCCCCCCCC. The molecule has 1 unspecified atom stereocenters. The third kappa shape index (κ3) is 28.4. The van der Waals surface area contributed by atoms with Crippen LogP contribution in [0.15, 0.2) is 0 Å². The van der Waals surface area contributed by atoms with Gasteiger partial charge in [0, 0.05) is 17.4 Å². The molecule has 0 aromatic rings. The minimum atomic E-state index is -0.642. The van der Waals surface area contributed by atoms with Gasteiger partial charge >= 0.3 is 5.97 Å². The second kappa shape index (κ2) is 29.4. The monoisotopic (exact) mass is 516 g/mol. The van der Waals surface area contributed by atoms with Gasteiger partial charge in [0.1, 0.15) is 0 Å². The van der Waals surface area contributed by atoms with E-state index in [0.29, 0.717) is 11.7 Å². The van der Waals surface area contributed by atoms with E-state index in [0.717, 1.165) is 12.8 Å². The molecule has 0 rings (SSSR count). The van der Waals surface area contributed by atoms with Gasteiger partial charge in [-0.1, -0.05) is 129 Å². The first-order valence-electron chi connectivity index (χ1n) is 15.1. The predicted octanol–water partition coefficient (Wildman–Crippen LogP) is 10.9. The van der Waals surface area contributed by atoms with Crippen LogP contribution in [0.3, 0.4) is 0 Å². The van der Waals surface area contributed by atoms with Crippen LogP contribution < -0.4 is 0 Å². The fourth-order valence-corrected chi connectivity index (χ4v) is 7.16. The summed E-state index contributed by atoms with van der Waals surface area (Å²) in [5, 5.41) is 9.62. The van der Waals surface area contributed by atoms with Crippen molar-refractivity contribution in [2.24, 2.45) is 0 Å². The van der Waals surface area contributed by atoms with Crippen LogP contribution in [0.25, 0.3) is 0 Å². The fraction of sp³-hybridized carbons (Fsp3) is 0.967. The van der Waals surface area contributed by atoms with Crippen molar-refractivity contribution >= 4 is 29.5 Å². The lowest BCUT2D eigenvalue weighted by molar-refractivity contribution is -0.137. The highest BCUT2D eigenvalue weighted by atomic mass is 32.2. The molecule has 0 spiro atoms. The molecule has 0 amide bonds. The summed E-state index contributed by atoms with van der Waals surface area (Å²) in [6.07, 6.45) is 30.2. The van der Waals surface area contributed by atoms with Gasteiger partial charge in [0.15, 0.2) is 0 Å². The van der Waals surface area contributed by atoms with Crippen molar-refractivity contribution in [2.75, 3.05) is 17.3 Å². The van der Waals surface area contributed by atoms with E-state index in [-0.39, 0.29) is 0 Å². The highest BCUT2D eigenvalue weighted by Gasteiger charge is 2.10. The van der Waals surface area contributed by atoms with Gasteiger partial charge < -0.3 is 5.11 Å². The lowest BCUT2D eigenvalue weighted by atomic mass is 10.1. The number of carboxylic acids is 1. The van der Waals surface area contributed by atoms with Gasteiger partial charge in [-0.15, -0.1) is 0 Å². The van der Waals surface area contributed by atoms with E-state index < -0.39 is 5.97 Å². The molecule has 0 aliphatic carbocycles. The number of hydrogen-bond acceptors (Lipinski definition) is 3. The average Bonchev–Trinajstić information content (AvgIpc) is 2.82. The summed E-state index contributed by atoms with van der Waals surface area (Å²) in [6.45, 7) is 4.57. The van der Waals surface area contributed by atoms with Crippen LogP contribution in [0.1, 0.15) is 162 Å². The van der Waals surface area contributed by atoms with Gasteiger partial charge in [0.05, 0.1) is 0 Å². The second-order valence-corrected chi connectivity index (χ2v) is 12.8. The number of hydrogen-bond donors (Lipinski definition) is 1. The Kier molecular flexibility index (Phi) is 29.5. The van der Waals surface area contributed by atoms with Crippen molar-refractivity contribution in [3.8, 4) is 0 Å². The van der Waals surface area contributed by atoms with E-state index in [2.05, 4.69) is 37.4 Å². The lowest BCUT2D eigenvalue weighted by Gasteiger charge is -2.16. The van der Waals surface area contributed by atoms with Gasteiger partial charge in [-0.3, -0.25) is 4.79 Å². The number of thioether (sulfide) groups is 2. The van der Waals surface area contributed by atoms with Crippen molar-refractivity contribution in [1.29, 1.82) is 0 Å². The molecule has 1 atom stereocenters. The number of carbonyl (C=O) groups is 1. The van der Waals surface area contributed by atoms with Crippen LogP contribution >= 0.6 is 23.5 Å². The standard InChI is InChI=1S/C30H60O2S2/c1-3-5-7-9-11-13-15-17-19-21-26-33-28-29(24-23-25-30(31)32)34-27-22-20-18-16-14-12-10-8-6-4-2/h29H,3-28H2,1-2H3,(H,31,32). The Morgan fingerprint density at radius 1 is 0.588 bits per heavy atom. The predicted molar refractivity (Wildman–Crippen MR) is 159 cm³/mol. The molecule has 0 aliphatic rings. The Bertz CT molecular complexity index is 403.